The summed E-state index contributed by atoms with van der Waals surface area (Å²) in [6.45, 7) is 1.74. The number of rotatable bonds is 1. The highest BCUT2D eigenvalue weighted by Gasteiger charge is 2.40. The largest absolute Gasteiger partial charge is 0.486 e. The summed E-state index contributed by atoms with van der Waals surface area (Å²) in [6.07, 6.45) is -10.0. The second kappa shape index (κ2) is 5.82. The number of aromatic nitrogens is 1. The number of H-pyrrole nitrogens is 1. The van der Waals surface area contributed by atoms with Crippen LogP contribution < -0.4 is 15.2 Å². The van der Waals surface area contributed by atoms with E-state index in [2.05, 4.69) is 4.98 Å². The van der Waals surface area contributed by atoms with E-state index in [4.69, 9.17) is 4.74 Å². The molecule has 0 unspecified atom stereocenters. The van der Waals surface area contributed by atoms with Crippen molar-refractivity contribution in [3.63, 3.8) is 0 Å². The van der Waals surface area contributed by atoms with Crippen molar-refractivity contribution < 1.29 is 31.1 Å². The van der Waals surface area contributed by atoms with Gasteiger partial charge in [-0.3, -0.25) is 4.79 Å². The van der Waals surface area contributed by atoms with Gasteiger partial charge in [0.25, 0.3) is 0 Å². The molecule has 0 radical (unpaired) electrons. The molecule has 0 aliphatic carbocycles. The number of alkyl halides is 6. The van der Waals surface area contributed by atoms with Gasteiger partial charge in [-0.1, -0.05) is 0 Å². The van der Waals surface area contributed by atoms with E-state index in [9.17, 15) is 31.1 Å². The Hall–Kier alpha value is -2.39. The molecular formula is C16H14F6N2O2. The molecule has 1 aromatic carbocycles. The first kappa shape index (κ1) is 18.4. The molecule has 1 N–H and O–H groups in total. The molecule has 4 nitrogen and oxygen atoms in total. The molecule has 0 saturated heterocycles. The van der Waals surface area contributed by atoms with Gasteiger partial charge in [-0.05, 0) is 19.9 Å². The Labute approximate surface area is 143 Å². The topological polar surface area (TPSA) is 45.3 Å². The minimum absolute atomic E-state index is 0.0117. The molecule has 142 valence electrons. The minimum atomic E-state index is -4.83. The number of benzene rings is 1. The van der Waals surface area contributed by atoms with Gasteiger partial charge in [-0.25, -0.2) is 0 Å². The van der Waals surface area contributed by atoms with Crippen molar-refractivity contribution in [3.05, 3.63) is 34.1 Å². The van der Waals surface area contributed by atoms with Crippen molar-refractivity contribution in [2.45, 2.75) is 38.3 Å². The third-order valence-electron chi connectivity index (χ3n) is 4.37. The zero-order chi connectivity index (χ0) is 19.4. The number of anilines is 1. The maximum Gasteiger partial charge on any atom is 0.417 e. The van der Waals surface area contributed by atoms with Gasteiger partial charge in [0.1, 0.15) is 18.4 Å². The van der Waals surface area contributed by atoms with Crippen LogP contribution >= 0.6 is 0 Å². The smallest absolute Gasteiger partial charge is 0.417 e. The molecule has 3 rings (SSSR count). The monoisotopic (exact) mass is 380 g/mol. The Morgan fingerprint density at radius 3 is 2.35 bits per heavy atom. The Morgan fingerprint density at radius 1 is 1.12 bits per heavy atom. The Balaban J connectivity index is 2.27. The molecule has 1 aliphatic rings. The number of nitrogens with zero attached hydrogens (tertiary/aromatic N) is 1. The minimum Gasteiger partial charge on any atom is -0.486 e. The predicted octanol–water partition coefficient (Wildman–Crippen LogP) is 4.09. The Bertz CT molecular complexity index is 902. The lowest BCUT2D eigenvalue weighted by Crippen LogP contribution is -2.50. The van der Waals surface area contributed by atoms with Crippen LogP contribution in [-0.2, 0) is 6.18 Å². The van der Waals surface area contributed by atoms with Crippen molar-refractivity contribution in [2.24, 2.45) is 0 Å². The average Bonchev–Trinajstić information content (AvgIpc) is 2.47. The van der Waals surface area contributed by atoms with Gasteiger partial charge in [0, 0.05) is 17.5 Å². The second-order valence-corrected chi connectivity index (χ2v) is 6.22. The van der Waals surface area contributed by atoms with Crippen LogP contribution in [-0.4, -0.2) is 29.9 Å². The number of fused-ring (bicyclic) bond motifs is 2. The summed E-state index contributed by atoms with van der Waals surface area (Å²) in [7, 11) is 0. The summed E-state index contributed by atoms with van der Waals surface area (Å²) < 4.78 is 84.2. The molecule has 1 aromatic heterocycles. The third kappa shape index (κ3) is 3.32. The van der Waals surface area contributed by atoms with Crippen molar-refractivity contribution in [2.75, 3.05) is 11.4 Å². The van der Waals surface area contributed by atoms with Crippen LogP contribution in [0.15, 0.2) is 23.0 Å². The summed E-state index contributed by atoms with van der Waals surface area (Å²) in [5, 5.41) is -0.395. The summed E-state index contributed by atoms with van der Waals surface area (Å²) in [5.41, 5.74) is -2.43. The maximum atomic E-state index is 13.3. The van der Waals surface area contributed by atoms with Crippen molar-refractivity contribution in [1.82, 2.24) is 4.98 Å². The van der Waals surface area contributed by atoms with Crippen molar-refractivity contribution in [1.29, 1.82) is 0 Å². The van der Waals surface area contributed by atoms with E-state index >= 15 is 0 Å². The zero-order valence-corrected chi connectivity index (χ0v) is 13.6. The molecule has 0 bridgehead atoms. The van der Waals surface area contributed by atoms with Crippen LogP contribution in [0.3, 0.4) is 0 Å². The highest BCUT2D eigenvalue weighted by atomic mass is 19.4. The number of ether oxygens (including phenoxy) is 1. The van der Waals surface area contributed by atoms with Gasteiger partial charge < -0.3 is 14.6 Å². The number of hydrogen-bond acceptors (Lipinski definition) is 3. The quantitative estimate of drug-likeness (QED) is 0.759. The fourth-order valence-corrected chi connectivity index (χ4v) is 3.02. The molecular weight excluding hydrogens is 366 g/mol. The first-order chi connectivity index (χ1) is 11.9. The van der Waals surface area contributed by atoms with E-state index in [1.807, 2.05) is 0 Å². The van der Waals surface area contributed by atoms with Gasteiger partial charge in [0.2, 0.25) is 5.56 Å². The van der Waals surface area contributed by atoms with E-state index in [0.717, 1.165) is 17.0 Å². The van der Waals surface area contributed by atoms with Gasteiger partial charge in [-0.15, -0.1) is 0 Å². The lowest BCUT2D eigenvalue weighted by Gasteiger charge is -2.41. The van der Waals surface area contributed by atoms with Crippen LogP contribution in [0, 0.1) is 0 Å². The predicted molar refractivity (Wildman–Crippen MR) is 82.5 cm³/mol. The van der Waals surface area contributed by atoms with Gasteiger partial charge in [0.15, 0.2) is 0 Å². The van der Waals surface area contributed by atoms with Crippen LogP contribution in [0.2, 0.25) is 0 Å². The average molecular weight is 380 g/mol. The molecule has 2 atom stereocenters. The molecule has 0 amide bonds. The molecule has 0 saturated carbocycles. The molecule has 1 aliphatic heterocycles. The third-order valence-corrected chi connectivity index (χ3v) is 4.37. The number of hydrogen-bond donors (Lipinski definition) is 1. The van der Waals surface area contributed by atoms with Crippen LogP contribution in [0.5, 0.6) is 5.75 Å². The number of pyridine rings is 1. The maximum absolute atomic E-state index is 13.3. The van der Waals surface area contributed by atoms with Crippen LogP contribution in [0.4, 0.5) is 32.0 Å². The number of nitrogens with one attached hydrogen (secondary N) is 1. The molecule has 10 heteroatoms. The van der Waals surface area contributed by atoms with Gasteiger partial charge in [0.05, 0.1) is 22.8 Å². The summed E-state index contributed by atoms with van der Waals surface area (Å²) in [4.78, 5) is 14.8. The van der Waals surface area contributed by atoms with Crippen molar-refractivity contribution >= 4 is 16.6 Å². The first-order valence-corrected chi connectivity index (χ1v) is 7.65. The van der Waals surface area contributed by atoms with Crippen LogP contribution in [0.1, 0.15) is 19.4 Å². The molecule has 0 spiro atoms. The fourth-order valence-electron chi connectivity index (χ4n) is 3.02. The zero-order valence-electron chi connectivity index (χ0n) is 13.6. The molecule has 26 heavy (non-hydrogen) atoms. The lowest BCUT2D eigenvalue weighted by atomic mass is 10.0. The number of aromatic amines is 1. The summed E-state index contributed by atoms with van der Waals surface area (Å²) in [5.74, 6) is -0.0117. The van der Waals surface area contributed by atoms with E-state index in [1.165, 1.54) is 6.92 Å². The Kier molecular flexibility index (Phi) is 4.12. The highest BCUT2D eigenvalue weighted by molar-refractivity contribution is 5.89. The van der Waals surface area contributed by atoms with E-state index < -0.39 is 47.6 Å². The normalized spacial score (nSPS) is 20.8. The highest BCUT2D eigenvalue weighted by Crippen LogP contribution is 2.43. The SMILES string of the molecule is C[C@@H]1Oc2cc3[nH]c(=O)cc(C(F)(F)F)c3cc2N(CC(F)(F)F)[C@H]1C. The standard InChI is InChI=1S/C16H14F6N2O2/c1-7-8(2)26-13-5-11-9(3-12(13)24(7)6-15(17,18)19)10(16(20,21)22)4-14(25)23-11/h3-5,7-8H,6H2,1-2H3,(H,23,25)/t7-,8-/m0/s1. The second-order valence-electron chi connectivity index (χ2n) is 6.22. The van der Waals surface area contributed by atoms with Gasteiger partial charge >= 0.3 is 12.4 Å². The van der Waals surface area contributed by atoms with E-state index in [0.29, 0.717) is 6.07 Å². The first-order valence-electron chi connectivity index (χ1n) is 7.65. The fraction of sp³-hybridized carbons (Fsp3) is 0.438. The Morgan fingerprint density at radius 2 is 1.77 bits per heavy atom. The van der Waals surface area contributed by atoms with Crippen LogP contribution in [0.25, 0.3) is 10.9 Å². The molecule has 2 heterocycles. The molecule has 0 fully saturated rings. The lowest BCUT2D eigenvalue weighted by molar-refractivity contribution is -0.136. The summed E-state index contributed by atoms with van der Waals surface area (Å²) in [6, 6.07) is 1.79. The van der Waals surface area contributed by atoms with E-state index in [-0.39, 0.29) is 17.0 Å². The molecule has 2 aromatic rings. The van der Waals surface area contributed by atoms with E-state index in [1.54, 1.807) is 6.92 Å². The van der Waals surface area contributed by atoms with Crippen molar-refractivity contribution in [3.8, 4) is 5.75 Å². The van der Waals surface area contributed by atoms with Gasteiger partial charge in [-0.2, -0.15) is 26.3 Å². The summed E-state index contributed by atoms with van der Waals surface area (Å²) >= 11 is 0. The number of halogens is 6.